The first kappa shape index (κ1) is 29.2. The molecule has 1 fully saturated rings. The number of ether oxygens (including phenoxy) is 1. The Kier molecular flexibility index (Phi) is 9.80. The van der Waals surface area contributed by atoms with E-state index in [2.05, 4.69) is 0 Å². The summed E-state index contributed by atoms with van der Waals surface area (Å²) in [6, 6.07) is 19.3. The zero-order valence-corrected chi connectivity index (χ0v) is 23.5. The van der Waals surface area contributed by atoms with Gasteiger partial charge in [0, 0.05) is 16.5 Å². The van der Waals surface area contributed by atoms with E-state index in [1.807, 2.05) is 25.1 Å². The number of aliphatic carboxylic acids is 1. The van der Waals surface area contributed by atoms with Crippen LogP contribution in [0.15, 0.2) is 72.8 Å². The molecule has 1 unspecified atom stereocenters. The fourth-order valence-electron chi connectivity index (χ4n) is 5.01. The summed E-state index contributed by atoms with van der Waals surface area (Å²) in [5.41, 5.74) is 2.82. The number of halogens is 2. The number of carbonyl (C=O) groups excluding carboxylic acids is 1. The van der Waals surface area contributed by atoms with Crippen molar-refractivity contribution in [1.82, 2.24) is 4.90 Å². The van der Waals surface area contributed by atoms with Crippen molar-refractivity contribution in [2.45, 2.75) is 56.2 Å². The first-order valence-electron chi connectivity index (χ1n) is 12.5. The van der Waals surface area contributed by atoms with E-state index >= 15 is 0 Å². The van der Waals surface area contributed by atoms with E-state index in [9.17, 15) is 23.5 Å². The highest BCUT2D eigenvalue weighted by atomic mass is 35.5. The number of amides is 1. The summed E-state index contributed by atoms with van der Waals surface area (Å²) in [6.45, 7) is 1.88. The summed E-state index contributed by atoms with van der Waals surface area (Å²) in [5.74, 6) is -1.56. The molecule has 1 aliphatic rings. The summed E-state index contributed by atoms with van der Waals surface area (Å²) in [6.07, 6.45) is -0.688. The third-order valence-corrected chi connectivity index (χ3v) is 7.81. The quantitative estimate of drug-likeness (QED) is 0.272. The third kappa shape index (κ3) is 7.07. The second-order valence-electron chi connectivity index (χ2n) is 9.47. The van der Waals surface area contributed by atoms with Crippen LogP contribution >= 0.6 is 23.2 Å². The van der Waals surface area contributed by atoms with Crippen molar-refractivity contribution in [2.75, 3.05) is 0 Å². The number of carboxylic acid groups (broad SMARTS) is 1. The van der Waals surface area contributed by atoms with Crippen molar-refractivity contribution in [1.29, 1.82) is 0 Å². The van der Waals surface area contributed by atoms with E-state index in [-0.39, 0.29) is 18.6 Å². The summed E-state index contributed by atoms with van der Waals surface area (Å²) in [4.78, 5) is 28.1. The first-order valence-corrected chi connectivity index (χ1v) is 14.6. The van der Waals surface area contributed by atoms with Crippen LogP contribution in [0.5, 0.6) is 0 Å². The molecule has 3 aromatic carbocycles. The number of nitrogens with zero attached hydrogens (tertiary/aromatic N) is 1. The van der Waals surface area contributed by atoms with Gasteiger partial charge in [-0.25, -0.2) is 9.00 Å². The Morgan fingerprint density at radius 2 is 1.59 bits per heavy atom. The minimum absolute atomic E-state index is 0.0386. The average Bonchev–Trinajstić information content (AvgIpc) is 2.89. The third-order valence-electron chi connectivity index (χ3n) is 6.72. The second-order valence-corrected chi connectivity index (χ2v) is 11.3. The maximum absolute atomic E-state index is 14.1. The molecule has 0 aliphatic carbocycles. The van der Waals surface area contributed by atoms with E-state index in [0.29, 0.717) is 27.6 Å². The van der Waals surface area contributed by atoms with Crippen molar-refractivity contribution < 1.29 is 28.2 Å². The van der Waals surface area contributed by atoms with Gasteiger partial charge < -0.3 is 19.3 Å². The lowest BCUT2D eigenvalue weighted by molar-refractivity contribution is -0.184. The molecule has 206 valence electrons. The van der Waals surface area contributed by atoms with Gasteiger partial charge in [0.2, 0.25) is 0 Å². The van der Waals surface area contributed by atoms with Gasteiger partial charge in [0.1, 0.15) is 18.2 Å². The highest BCUT2D eigenvalue weighted by Gasteiger charge is 2.48. The van der Waals surface area contributed by atoms with Crippen LogP contribution in [0.25, 0.3) is 0 Å². The van der Waals surface area contributed by atoms with Crippen LogP contribution in [0.1, 0.15) is 54.2 Å². The van der Waals surface area contributed by atoms with Gasteiger partial charge in [-0.2, -0.15) is 0 Å². The van der Waals surface area contributed by atoms with Gasteiger partial charge in [0.15, 0.2) is 11.1 Å². The molecule has 5 atom stereocenters. The normalized spacial score (nSPS) is 21.0. The van der Waals surface area contributed by atoms with Crippen LogP contribution in [0, 0.1) is 0 Å². The lowest BCUT2D eigenvalue weighted by Crippen LogP contribution is -2.57. The monoisotopic (exact) mass is 589 g/mol. The van der Waals surface area contributed by atoms with Gasteiger partial charge in [0.05, 0.1) is 11.8 Å². The maximum atomic E-state index is 14.1. The lowest BCUT2D eigenvalue weighted by atomic mass is 9.88. The predicted octanol–water partition coefficient (Wildman–Crippen LogP) is 6.22. The molecule has 3 aromatic rings. The highest BCUT2D eigenvalue weighted by Crippen LogP contribution is 2.44. The van der Waals surface area contributed by atoms with Gasteiger partial charge in [-0.1, -0.05) is 85.1 Å². The maximum Gasteiger partial charge on any atom is 0.326 e. The van der Waals surface area contributed by atoms with Gasteiger partial charge in [-0.15, -0.1) is 0 Å². The fraction of sp³-hybridized carbons (Fsp3) is 0.310. The van der Waals surface area contributed by atoms with Crippen molar-refractivity contribution in [3.8, 4) is 0 Å². The minimum Gasteiger partial charge on any atom is -0.480 e. The molecule has 10 heteroatoms. The summed E-state index contributed by atoms with van der Waals surface area (Å²) >= 11 is 10.3. The molecule has 0 bridgehead atoms. The molecule has 7 nitrogen and oxygen atoms in total. The zero-order valence-electron chi connectivity index (χ0n) is 21.2. The van der Waals surface area contributed by atoms with Gasteiger partial charge in [-0.3, -0.25) is 4.79 Å². The molecule has 1 aliphatic heterocycles. The summed E-state index contributed by atoms with van der Waals surface area (Å²) < 4.78 is 27.2. The highest BCUT2D eigenvalue weighted by molar-refractivity contribution is 7.78. The van der Waals surface area contributed by atoms with Gasteiger partial charge in [-0.05, 0) is 52.9 Å². The molecule has 0 aromatic heterocycles. The Morgan fingerprint density at radius 1 is 1.00 bits per heavy atom. The first-order chi connectivity index (χ1) is 18.7. The Morgan fingerprint density at radius 3 is 2.15 bits per heavy atom. The van der Waals surface area contributed by atoms with E-state index in [1.54, 1.807) is 54.6 Å². The van der Waals surface area contributed by atoms with Crippen molar-refractivity contribution in [3.63, 3.8) is 0 Å². The molecule has 1 heterocycles. The molecular weight excluding hydrogens is 561 g/mol. The number of hydrogen-bond donors (Lipinski definition) is 2. The number of hydrogen-bond acceptors (Lipinski definition) is 4. The Balaban J connectivity index is 1.82. The molecule has 4 rings (SSSR count). The van der Waals surface area contributed by atoms with Crippen molar-refractivity contribution in [3.05, 3.63) is 105 Å². The Hall–Kier alpha value is -2.75. The summed E-state index contributed by atoms with van der Waals surface area (Å²) in [7, 11) is 0. The second kappa shape index (κ2) is 13.1. The lowest BCUT2D eigenvalue weighted by Gasteiger charge is -2.47. The molecule has 39 heavy (non-hydrogen) atoms. The molecule has 0 radical (unpaired) electrons. The van der Waals surface area contributed by atoms with Gasteiger partial charge in [0.25, 0.3) is 5.91 Å². The van der Waals surface area contributed by atoms with Crippen LogP contribution < -0.4 is 0 Å². The van der Waals surface area contributed by atoms with E-state index in [4.69, 9.17) is 27.9 Å². The van der Waals surface area contributed by atoms with Crippen LogP contribution in [-0.4, -0.2) is 42.8 Å². The van der Waals surface area contributed by atoms with Gasteiger partial charge >= 0.3 is 5.97 Å². The van der Waals surface area contributed by atoms with Crippen molar-refractivity contribution in [2.24, 2.45) is 0 Å². The van der Waals surface area contributed by atoms with Crippen LogP contribution in [0.4, 0.5) is 0 Å². The van der Waals surface area contributed by atoms with Crippen LogP contribution in [0.2, 0.25) is 10.0 Å². The van der Waals surface area contributed by atoms with E-state index in [0.717, 1.165) is 11.1 Å². The fourth-order valence-corrected chi connectivity index (χ4v) is 5.73. The zero-order chi connectivity index (χ0) is 28.1. The largest absolute Gasteiger partial charge is 0.480 e. The standard InChI is InChI=1S/C29H29Cl2NO6S/c1-2-4-24(29(34)35)32-26(20-7-11-22(30)12-8-20)27(21-9-13-23(31)14-10-21)38-25(28(32)33)16-18-5-3-6-19(15-18)17-39(36)37/h3,5-15,24-27H,2,4,16-17H2,1H3,(H,34,35)(H,36,37)/t24-,25+,26-,27+/m1/s1. The Bertz CT molecular complexity index is 1330. The summed E-state index contributed by atoms with van der Waals surface area (Å²) in [5, 5.41) is 11.3. The smallest absolute Gasteiger partial charge is 0.326 e. The van der Waals surface area contributed by atoms with E-state index in [1.165, 1.54) is 4.90 Å². The molecule has 0 spiro atoms. The van der Waals surface area contributed by atoms with Crippen LogP contribution in [0.3, 0.4) is 0 Å². The molecule has 2 N–H and O–H groups in total. The molecule has 0 saturated carbocycles. The van der Waals surface area contributed by atoms with E-state index < -0.39 is 47.2 Å². The number of benzene rings is 3. The number of carbonyl (C=O) groups is 2. The molecule has 1 amide bonds. The average molecular weight is 591 g/mol. The SMILES string of the molecule is CCC[C@H](C(=O)O)N1C(=O)[C@H](Cc2cccc(CS(=O)O)c2)O[C@@H](c2ccc(Cl)cc2)[C@H]1c1ccc(Cl)cc1. The number of carboxylic acids is 1. The predicted molar refractivity (Wildman–Crippen MR) is 151 cm³/mol. The number of rotatable bonds is 10. The molecule has 1 saturated heterocycles. The number of morpholine rings is 1. The van der Waals surface area contributed by atoms with Crippen LogP contribution in [-0.2, 0) is 37.6 Å². The minimum atomic E-state index is -2.01. The Labute approximate surface area is 240 Å². The molecular formula is C29H29Cl2NO6S. The van der Waals surface area contributed by atoms with Crippen molar-refractivity contribution >= 4 is 46.2 Å². The topological polar surface area (TPSA) is 104 Å².